The van der Waals surface area contributed by atoms with Gasteiger partial charge in [0.15, 0.2) is 28.7 Å². The Morgan fingerprint density at radius 2 is 1.92 bits per heavy atom. The first-order valence-electron chi connectivity index (χ1n) is 7.17. The lowest BCUT2D eigenvalue weighted by atomic mass is 10.2. The van der Waals surface area contributed by atoms with Gasteiger partial charge < -0.3 is 7.80 Å². The number of rotatable bonds is 4. The summed E-state index contributed by atoms with van der Waals surface area (Å²) >= 11 is 1.49. The van der Waals surface area contributed by atoms with Crippen molar-refractivity contribution >= 4 is 34.6 Å². The fourth-order valence-electron chi connectivity index (χ4n) is 2.44. The summed E-state index contributed by atoms with van der Waals surface area (Å²) in [6, 6.07) is 3.57. The van der Waals surface area contributed by atoms with Gasteiger partial charge in [0.25, 0.3) is 5.88 Å². The summed E-state index contributed by atoms with van der Waals surface area (Å²) in [4.78, 5) is 20.4. The quantitative estimate of drug-likeness (QED) is 0.557. The van der Waals surface area contributed by atoms with Gasteiger partial charge >= 0.3 is 5.97 Å². The SMILES string of the molecule is Cc1cn2c(C(=O)OI)c(C)nc2c(OCc2c(F)cccc2F)n1. The van der Waals surface area contributed by atoms with Crippen molar-refractivity contribution in [2.45, 2.75) is 20.5 Å². The Morgan fingerprint density at radius 1 is 1.24 bits per heavy atom. The van der Waals surface area contributed by atoms with Crippen LogP contribution in [-0.4, -0.2) is 20.3 Å². The van der Waals surface area contributed by atoms with Crippen molar-refractivity contribution in [3.8, 4) is 5.88 Å². The first-order chi connectivity index (χ1) is 11.9. The zero-order valence-corrected chi connectivity index (χ0v) is 15.4. The maximum atomic E-state index is 13.7. The summed E-state index contributed by atoms with van der Waals surface area (Å²) in [5.74, 6) is -1.92. The van der Waals surface area contributed by atoms with Gasteiger partial charge in [-0.05, 0) is 26.0 Å². The summed E-state index contributed by atoms with van der Waals surface area (Å²) in [6.45, 7) is 2.98. The van der Waals surface area contributed by atoms with E-state index >= 15 is 0 Å². The van der Waals surface area contributed by atoms with Gasteiger partial charge in [0, 0.05) is 6.20 Å². The van der Waals surface area contributed by atoms with E-state index in [4.69, 9.17) is 7.80 Å². The molecule has 130 valence electrons. The Bertz CT molecular complexity index is 955. The minimum absolute atomic E-state index is 0.0678. The predicted molar refractivity (Wildman–Crippen MR) is 92.6 cm³/mol. The second-order valence-electron chi connectivity index (χ2n) is 5.28. The topological polar surface area (TPSA) is 65.7 Å². The van der Waals surface area contributed by atoms with E-state index in [1.54, 1.807) is 20.0 Å². The number of nitrogens with zero attached hydrogens (tertiary/aromatic N) is 3. The Hall–Kier alpha value is -2.30. The maximum Gasteiger partial charge on any atom is 0.366 e. The molecule has 0 aliphatic carbocycles. The third-order valence-electron chi connectivity index (χ3n) is 3.55. The molecule has 0 N–H and O–H groups in total. The van der Waals surface area contributed by atoms with Crippen LogP contribution in [0.25, 0.3) is 5.65 Å². The third-order valence-corrected chi connectivity index (χ3v) is 3.95. The van der Waals surface area contributed by atoms with Gasteiger partial charge in [-0.1, -0.05) is 6.07 Å². The summed E-state index contributed by atoms with van der Waals surface area (Å²) in [5, 5.41) is 0. The van der Waals surface area contributed by atoms with Crippen molar-refractivity contribution in [1.29, 1.82) is 0 Å². The molecule has 0 fully saturated rings. The molecule has 2 heterocycles. The van der Waals surface area contributed by atoms with Gasteiger partial charge in [-0.15, -0.1) is 0 Å². The van der Waals surface area contributed by atoms with Crippen LogP contribution in [0, 0.1) is 25.5 Å². The number of imidazole rings is 1. The highest BCUT2D eigenvalue weighted by molar-refractivity contribution is 14.1. The molecule has 0 radical (unpaired) electrons. The molecule has 0 saturated heterocycles. The van der Waals surface area contributed by atoms with E-state index < -0.39 is 17.6 Å². The van der Waals surface area contributed by atoms with Gasteiger partial charge in [0.05, 0.1) is 17.0 Å². The normalized spacial score (nSPS) is 10.9. The summed E-state index contributed by atoms with van der Waals surface area (Å²) in [6.07, 6.45) is 1.61. The zero-order chi connectivity index (χ0) is 18.1. The molecule has 25 heavy (non-hydrogen) atoms. The Morgan fingerprint density at radius 3 is 2.56 bits per heavy atom. The van der Waals surface area contributed by atoms with Gasteiger partial charge in [0.1, 0.15) is 18.2 Å². The van der Waals surface area contributed by atoms with Crippen LogP contribution in [0.1, 0.15) is 27.4 Å². The summed E-state index contributed by atoms with van der Waals surface area (Å²) in [5.41, 5.74) is 1.25. The number of fused-ring (bicyclic) bond motifs is 1. The fraction of sp³-hybridized carbons (Fsp3) is 0.188. The van der Waals surface area contributed by atoms with Crippen molar-refractivity contribution in [3.63, 3.8) is 0 Å². The first kappa shape index (κ1) is 17.5. The number of halogens is 3. The first-order valence-corrected chi connectivity index (χ1v) is 8.05. The number of benzene rings is 1. The lowest BCUT2D eigenvalue weighted by Gasteiger charge is -2.09. The molecule has 2 aromatic heterocycles. The molecule has 0 atom stereocenters. The van der Waals surface area contributed by atoms with Crippen LogP contribution in [0.5, 0.6) is 5.88 Å². The molecule has 1 aromatic carbocycles. The van der Waals surface area contributed by atoms with Gasteiger partial charge in [-0.25, -0.2) is 23.5 Å². The van der Waals surface area contributed by atoms with E-state index in [0.717, 1.165) is 12.1 Å². The van der Waals surface area contributed by atoms with E-state index in [-0.39, 0.29) is 29.4 Å². The number of hydrogen-bond donors (Lipinski definition) is 0. The van der Waals surface area contributed by atoms with Crippen LogP contribution in [0.4, 0.5) is 8.78 Å². The van der Waals surface area contributed by atoms with Crippen molar-refractivity contribution in [3.05, 3.63) is 58.7 Å². The molecule has 0 bridgehead atoms. The molecular formula is C16H12F2IN3O3. The second kappa shape index (κ2) is 6.90. The molecule has 6 nitrogen and oxygen atoms in total. The van der Waals surface area contributed by atoms with Crippen molar-refractivity contribution in [2.24, 2.45) is 0 Å². The van der Waals surface area contributed by atoms with E-state index in [2.05, 4.69) is 9.97 Å². The van der Waals surface area contributed by atoms with E-state index in [1.807, 2.05) is 0 Å². The van der Waals surface area contributed by atoms with E-state index in [0.29, 0.717) is 11.4 Å². The van der Waals surface area contributed by atoms with Crippen LogP contribution < -0.4 is 4.74 Å². The Labute approximate surface area is 155 Å². The molecule has 0 saturated carbocycles. The van der Waals surface area contributed by atoms with Crippen molar-refractivity contribution in [1.82, 2.24) is 14.4 Å². The monoisotopic (exact) mass is 459 g/mol. The van der Waals surface area contributed by atoms with Crippen molar-refractivity contribution in [2.75, 3.05) is 0 Å². The highest BCUT2D eigenvalue weighted by Gasteiger charge is 2.21. The summed E-state index contributed by atoms with van der Waals surface area (Å²) < 4.78 is 39.2. The molecular weight excluding hydrogens is 447 g/mol. The van der Waals surface area contributed by atoms with Gasteiger partial charge in [0.2, 0.25) is 5.65 Å². The van der Waals surface area contributed by atoms with Crippen molar-refractivity contribution < 1.29 is 21.4 Å². The number of aromatic nitrogens is 3. The molecule has 3 aromatic rings. The predicted octanol–water partition coefficient (Wildman–Crippen LogP) is 3.71. The van der Waals surface area contributed by atoms with Crippen LogP contribution >= 0.6 is 23.0 Å². The minimum Gasteiger partial charge on any atom is -0.470 e. The molecule has 0 spiro atoms. The molecule has 0 unspecified atom stereocenters. The van der Waals surface area contributed by atoms with E-state index in [1.165, 1.54) is 33.5 Å². The maximum absolute atomic E-state index is 13.7. The average molecular weight is 459 g/mol. The smallest absolute Gasteiger partial charge is 0.366 e. The Balaban J connectivity index is 2.04. The molecule has 0 amide bonds. The second-order valence-corrected chi connectivity index (χ2v) is 5.72. The minimum atomic E-state index is -0.711. The number of hydrogen-bond acceptors (Lipinski definition) is 5. The van der Waals surface area contributed by atoms with Crippen LogP contribution in [-0.2, 0) is 9.67 Å². The average Bonchev–Trinajstić information content (AvgIpc) is 2.89. The Kier molecular flexibility index (Phi) is 4.84. The molecule has 9 heteroatoms. The number of carbonyl (C=O) groups excluding carboxylic acids is 1. The standard InChI is InChI=1S/C16H12F2IN3O3/c1-8-6-22-13(16(23)25-19)9(2)21-14(22)15(20-8)24-7-10-11(17)4-3-5-12(10)18/h3-6H,7H2,1-2H3. The van der Waals surface area contributed by atoms with Crippen LogP contribution in [0.2, 0.25) is 0 Å². The lowest BCUT2D eigenvalue weighted by Crippen LogP contribution is -2.08. The fourth-order valence-corrected chi connectivity index (χ4v) is 2.65. The summed E-state index contributed by atoms with van der Waals surface area (Å²) in [7, 11) is 0. The number of carbonyl (C=O) groups is 1. The van der Waals surface area contributed by atoms with Crippen LogP contribution in [0.3, 0.4) is 0 Å². The molecule has 0 aliphatic rings. The van der Waals surface area contributed by atoms with Gasteiger partial charge in [-0.2, -0.15) is 0 Å². The molecule has 0 aliphatic heterocycles. The third kappa shape index (κ3) is 3.28. The number of aryl methyl sites for hydroxylation is 2. The van der Waals surface area contributed by atoms with Gasteiger partial charge in [-0.3, -0.25) is 4.40 Å². The van der Waals surface area contributed by atoms with E-state index in [9.17, 15) is 13.6 Å². The number of ether oxygens (including phenoxy) is 1. The van der Waals surface area contributed by atoms with Crippen LogP contribution in [0.15, 0.2) is 24.4 Å². The highest BCUT2D eigenvalue weighted by atomic mass is 127. The lowest BCUT2D eigenvalue weighted by molar-refractivity contribution is 0.0792. The zero-order valence-electron chi connectivity index (χ0n) is 13.2. The molecule has 3 rings (SSSR count). The largest absolute Gasteiger partial charge is 0.470 e. The highest BCUT2D eigenvalue weighted by Crippen LogP contribution is 2.24.